The second-order valence-corrected chi connectivity index (χ2v) is 9.30. The van der Waals surface area contributed by atoms with Gasteiger partial charge in [0.1, 0.15) is 5.78 Å². The molecule has 1 heterocycles. The Morgan fingerprint density at radius 2 is 1.17 bits per heavy atom. The minimum Gasteiger partial charge on any atom is -0.394 e. The Labute approximate surface area is 186 Å². The Balaban J connectivity index is 1.85. The Bertz CT molecular complexity index is 398. The molecule has 0 saturated carbocycles. The molecule has 30 heavy (non-hydrogen) atoms. The maximum Gasteiger partial charge on any atom is 0.146 e. The van der Waals surface area contributed by atoms with E-state index in [-0.39, 0.29) is 6.61 Å². The molecule has 0 aromatic heterocycles. The summed E-state index contributed by atoms with van der Waals surface area (Å²) < 4.78 is 0. The molecule has 0 bridgehead atoms. The van der Waals surface area contributed by atoms with Crippen LogP contribution in [0.1, 0.15) is 103 Å². The Morgan fingerprint density at radius 1 is 0.733 bits per heavy atom. The van der Waals surface area contributed by atoms with E-state index < -0.39 is 6.10 Å². The highest BCUT2D eigenvalue weighted by Gasteiger charge is 2.20. The monoisotopic (exact) mass is 426 g/mol. The molecule has 1 rings (SSSR count). The zero-order valence-electron chi connectivity index (χ0n) is 19.8. The van der Waals surface area contributed by atoms with E-state index >= 15 is 0 Å². The first kappa shape index (κ1) is 27.5. The van der Waals surface area contributed by atoms with E-state index in [1.165, 1.54) is 83.5 Å². The summed E-state index contributed by atoms with van der Waals surface area (Å²) in [5.41, 5.74) is 0. The molecule has 0 aliphatic carbocycles. The molecule has 0 spiro atoms. The number of hydrogen-bond donors (Lipinski definition) is 2. The Hall–Kier alpha value is -0.490. The first-order valence-corrected chi connectivity index (χ1v) is 12.9. The van der Waals surface area contributed by atoms with Crippen molar-refractivity contribution in [2.24, 2.45) is 0 Å². The quantitative estimate of drug-likeness (QED) is 0.283. The third kappa shape index (κ3) is 15.3. The van der Waals surface area contributed by atoms with Crippen LogP contribution in [0.25, 0.3) is 0 Å². The third-order valence-corrected chi connectivity index (χ3v) is 6.35. The zero-order chi connectivity index (χ0) is 21.9. The largest absolute Gasteiger partial charge is 0.394 e. The standard InChI is InChI=1S/C25H50N2O3/c1-2-3-4-5-6-7-8-9-10-11-12-13-14-15-16-24(29)21-26-17-19-27(20-18-26)22-25(30)23-28/h25,28,30H,2-23H2,1H3. The summed E-state index contributed by atoms with van der Waals surface area (Å²) in [4.78, 5) is 16.6. The molecule has 1 aliphatic heterocycles. The van der Waals surface area contributed by atoms with Gasteiger partial charge in [-0.2, -0.15) is 0 Å². The summed E-state index contributed by atoms with van der Waals surface area (Å²) in [5, 5.41) is 18.4. The molecular formula is C25H50N2O3. The van der Waals surface area contributed by atoms with Crippen LogP contribution in [0, 0.1) is 0 Å². The first-order valence-electron chi connectivity index (χ1n) is 12.9. The van der Waals surface area contributed by atoms with Gasteiger partial charge in [0.2, 0.25) is 0 Å². The molecule has 2 N–H and O–H groups in total. The van der Waals surface area contributed by atoms with Crippen molar-refractivity contribution in [1.82, 2.24) is 9.80 Å². The number of carbonyl (C=O) groups is 1. The van der Waals surface area contributed by atoms with Gasteiger partial charge in [-0.3, -0.25) is 14.6 Å². The van der Waals surface area contributed by atoms with Gasteiger partial charge in [0.25, 0.3) is 0 Å². The lowest BCUT2D eigenvalue weighted by Gasteiger charge is -2.35. The molecule has 1 fully saturated rings. The van der Waals surface area contributed by atoms with Gasteiger partial charge in [-0.25, -0.2) is 0 Å². The van der Waals surface area contributed by atoms with Gasteiger partial charge < -0.3 is 10.2 Å². The molecule has 0 amide bonds. The number of carbonyl (C=O) groups excluding carboxylic acids is 1. The van der Waals surface area contributed by atoms with E-state index in [0.29, 0.717) is 18.9 Å². The summed E-state index contributed by atoms with van der Waals surface area (Å²) in [5.74, 6) is 0.373. The number of ketones is 1. The fourth-order valence-corrected chi connectivity index (χ4v) is 4.33. The molecule has 0 radical (unpaired) electrons. The minimum absolute atomic E-state index is 0.183. The van der Waals surface area contributed by atoms with Crippen molar-refractivity contribution in [2.75, 3.05) is 45.9 Å². The molecule has 5 nitrogen and oxygen atoms in total. The molecule has 0 aromatic carbocycles. The van der Waals surface area contributed by atoms with Gasteiger partial charge >= 0.3 is 0 Å². The van der Waals surface area contributed by atoms with Crippen molar-refractivity contribution in [1.29, 1.82) is 0 Å². The summed E-state index contributed by atoms with van der Waals surface area (Å²) in [6, 6.07) is 0. The molecular weight excluding hydrogens is 376 g/mol. The van der Waals surface area contributed by atoms with E-state index in [2.05, 4.69) is 16.7 Å². The van der Waals surface area contributed by atoms with Crippen LogP contribution in [0.5, 0.6) is 0 Å². The van der Waals surface area contributed by atoms with Crippen LogP contribution < -0.4 is 0 Å². The van der Waals surface area contributed by atoms with E-state index in [4.69, 9.17) is 5.11 Å². The Kier molecular flexibility index (Phi) is 17.6. The predicted molar refractivity (Wildman–Crippen MR) is 126 cm³/mol. The fraction of sp³-hybridized carbons (Fsp3) is 0.960. The number of nitrogens with zero attached hydrogens (tertiary/aromatic N) is 2. The number of aliphatic hydroxyl groups is 2. The van der Waals surface area contributed by atoms with E-state index in [1.807, 2.05) is 0 Å². The summed E-state index contributed by atoms with van der Waals surface area (Å²) in [6.45, 7) is 6.68. The van der Waals surface area contributed by atoms with Crippen molar-refractivity contribution in [3.05, 3.63) is 0 Å². The molecule has 1 saturated heterocycles. The van der Waals surface area contributed by atoms with Gasteiger partial charge in [0.05, 0.1) is 19.3 Å². The van der Waals surface area contributed by atoms with Crippen LogP contribution >= 0.6 is 0 Å². The predicted octanol–water partition coefficient (Wildman–Crippen LogP) is 4.40. The number of aliphatic hydroxyl groups excluding tert-OH is 2. The normalized spacial score (nSPS) is 16.8. The van der Waals surface area contributed by atoms with Gasteiger partial charge in [0, 0.05) is 39.1 Å². The van der Waals surface area contributed by atoms with Crippen molar-refractivity contribution < 1.29 is 15.0 Å². The molecule has 178 valence electrons. The highest BCUT2D eigenvalue weighted by molar-refractivity contribution is 5.80. The average Bonchev–Trinajstić information content (AvgIpc) is 2.75. The third-order valence-electron chi connectivity index (χ3n) is 6.35. The summed E-state index contributed by atoms with van der Waals surface area (Å²) >= 11 is 0. The number of Topliss-reactive ketones (excluding diaryl/α,β-unsaturated/α-hetero) is 1. The molecule has 1 aliphatic rings. The number of hydrogen-bond acceptors (Lipinski definition) is 5. The van der Waals surface area contributed by atoms with E-state index in [9.17, 15) is 9.90 Å². The van der Waals surface area contributed by atoms with Crippen LogP contribution in [0.2, 0.25) is 0 Å². The maximum atomic E-state index is 12.2. The fourth-order valence-electron chi connectivity index (χ4n) is 4.33. The van der Waals surface area contributed by atoms with Crippen LogP contribution in [-0.4, -0.2) is 77.8 Å². The van der Waals surface area contributed by atoms with Crippen LogP contribution in [0.15, 0.2) is 0 Å². The lowest BCUT2D eigenvalue weighted by Crippen LogP contribution is -2.50. The van der Waals surface area contributed by atoms with E-state index in [0.717, 1.165) is 39.0 Å². The number of piperazine rings is 1. The highest BCUT2D eigenvalue weighted by Crippen LogP contribution is 2.13. The topological polar surface area (TPSA) is 64.0 Å². The van der Waals surface area contributed by atoms with E-state index in [1.54, 1.807) is 0 Å². The molecule has 1 unspecified atom stereocenters. The summed E-state index contributed by atoms with van der Waals surface area (Å²) in [6.07, 6.45) is 18.9. The van der Waals surface area contributed by atoms with Gasteiger partial charge in [-0.1, -0.05) is 90.4 Å². The van der Waals surface area contributed by atoms with Crippen LogP contribution in [-0.2, 0) is 4.79 Å². The van der Waals surface area contributed by atoms with Gasteiger partial charge in [-0.05, 0) is 6.42 Å². The van der Waals surface area contributed by atoms with Gasteiger partial charge in [0.15, 0.2) is 0 Å². The second-order valence-electron chi connectivity index (χ2n) is 9.30. The van der Waals surface area contributed by atoms with Crippen molar-refractivity contribution in [2.45, 2.75) is 109 Å². The lowest BCUT2D eigenvalue weighted by molar-refractivity contribution is -0.120. The Morgan fingerprint density at radius 3 is 1.63 bits per heavy atom. The van der Waals surface area contributed by atoms with Crippen LogP contribution in [0.4, 0.5) is 0 Å². The molecule has 1 atom stereocenters. The second kappa shape index (κ2) is 19.2. The number of β-amino-alcohol motifs (C(OH)–C–C–N with tert-alkyl or cyclic N) is 1. The number of rotatable bonds is 20. The summed E-state index contributed by atoms with van der Waals surface area (Å²) in [7, 11) is 0. The zero-order valence-corrected chi connectivity index (χ0v) is 19.8. The van der Waals surface area contributed by atoms with Crippen molar-refractivity contribution in [3.63, 3.8) is 0 Å². The first-order chi connectivity index (χ1) is 14.7. The van der Waals surface area contributed by atoms with Gasteiger partial charge in [-0.15, -0.1) is 0 Å². The average molecular weight is 427 g/mol. The van der Waals surface area contributed by atoms with Crippen molar-refractivity contribution >= 4 is 5.78 Å². The van der Waals surface area contributed by atoms with Crippen LogP contribution in [0.3, 0.4) is 0 Å². The molecule has 0 aromatic rings. The smallest absolute Gasteiger partial charge is 0.146 e. The number of unbranched alkanes of at least 4 members (excludes halogenated alkanes) is 13. The maximum absolute atomic E-state index is 12.2. The molecule has 5 heteroatoms. The minimum atomic E-state index is -0.654. The highest BCUT2D eigenvalue weighted by atomic mass is 16.3. The van der Waals surface area contributed by atoms with Crippen molar-refractivity contribution in [3.8, 4) is 0 Å². The SMILES string of the molecule is CCCCCCCCCCCCCCCCC(=O)CN1CCN(CC(O)CO)CC1. The lowest BCUT2D eigenvalue weighted by atomic mass is 10.0.